The Kier molecular flexibility index (Phi) is 5.57. The molecule has 4 rings (SSSR count). The van der Waals surface area contributed by atoms with Gasteiger partial charge in [0.25, 0.3) is 0 Å². The maximum Gasteiger partial charge on any atom is 0.346 e. The first-order valence-electron chi connectivity index (χ1n) is 9.46. The average Bonchev–Trinajstić information content (AvgIpc) is 3.27. The van der Waals surface area contributed by atoms with Gasteiger partial charge in [-0.15, -0.1) is 16.4 Å². The lowest BCUT2D eigenvalue weighted by Crippen LogP contribution is -2.32. The van der Waals surface area contributed by atoms with E-state index in [1.807, 2.05) is 17.5 Å². The number of hydrogen-bond donors (Lipinski definition) is 1. The molecule has 29 heavy (non-hydrogen) atoms. The van der Waals surface area contributed by atoms with Crippen molar-refractivity contribution in [3.8, 4) is 16.5 Å². The lowest BCUT2D eigenvalue weighted by atomic mass is 10.3. The molecule has 1 aromatic carbocycles. The molecule has 1 fully saturated rings. The van der Waals surface area contributed by atoms with Gasteiger partial charge >= 0.3 is 5.69 Å². The first-order chi connectivity index (χ1) is 14.0. The fourth-order valence-corrected chi connectivity index (χ4v) is 4.98. The number of para-hydroxylation sites is 1. The van der Waals surface area contributed by atoms with Crippen LogP contribution in [-0.2, 0) is 16.6 Å². The van der Waals surface area contributed by atoms with Gasteiger partial charge in [0.2, 0.25) is 10.0 Å². The fraction of sp³-hybridized carbons (Fsp3) is 0.368. The van der Waals surface area contributed by atoms with E-state index < -0.39 is 10.0 Å². The van der Waals surface area contributed by atoms with E-state index in [1.165, 1.54) is 22.1 Å². The lowest BCUT2D eigenvalue weighted by Gasteiger charge is -2.11. The second kappa shape index (κ2) is 8.13. The lowest BCUT2D eigenvalue weighted by molar-refractivity contribution is 0.331. The Bertz CT molecular complexity index is 1150. The van der Waals surface area contributed by atoms with Crippen LogP contribution in [0.1, 0.15) is 25.8 Å². The van der Waals surface area contributed by atoms with Crippen molar-refractivity contribution in [1.29, 1.82) is 0 Å². The molecule has 154 valence electrons. The van der Waals surface area contributed by atoms with Crippen molar-refractivity contribution in [3.05, 3.63) is 52.3 Å². The molecule has 1 aliphatic carbocycles. The highest BCUT2D eigenvalue weighted by molar-refractivity contribution is 7.89. The predicted octanol–water partition coefficient (Wildman–Crippen LogP) is 2.49. The van der Waals surface area contributed by atoms with E-state index in [0.29, 0.717) is 18.2 Å². The number of hydrogen-bond acceptors (Lipinski definition) is 6. The second-order valence-corrected chi connectivity index (χ2v) is 9.37. The van der Waals surface area contributed by atoms with Gasteiger partial charge in [-0.3, -0.25) is 4.57 Å². The van der Waals surface area contributed by atoms with Gasteiger partial charge in [0.1, 0.15) is 10.6 Å². The highest BCUT2D eigenvalue weighted by atomic mass is 32.2. The van der Waals surface area contributed by atoms with E-state index in [0.717, 1.165) is 17.7 Å². The number of rotatable bonds is 9. The number of ether oxygens (including phenoxy) is 1. The van der Waals surface area contributed by atoms with Crippen molar-refractivity contribution in [2.24, 2.45) is 0 Å². The number of nitrogens with zero attached hydrogens (tertiary/aromatic N) is 3. The van der Waals surface area contributed by atoms with Crippen LogP contribution in [0, 0.1) is 0 Å². The summed E-state index contributed by atoms with van der Waals surface area (Å²) < 4.78 is 36.4. The Balaban J connectivity index is 1.52. The first-order valence-corrected chi connectivity index (χ1v) is 11.8. The van der Waals surface area contributed by atoms with Gasteiger partial charge in [0, 0.05) is 12.6 Å². The summed E-state index contributed by atoms with van der Waals surface area (Å²) in [4.78, 5) is 13.8. The highest BCUT2D eigenvalue weighted by Crippen LogP contribution is 2.37. The predicted molar refractivity (Wildman–Crippen MR) is 111 cm³/mol. The average molecular weight is 435 g/mol. The van der Waals surface area contributed by atoms with Crippen LogP contribution < -0.4 is 15.1 Å². The Morgan fingerprint density at radius 1 is 1.24 bits per heavy atom. The van der Waals surface area contributed by atoms with Crippen LogP contribution in [0.3, 0.4) is 0 Å². The Morgan fingerprint density at radius 3 is 2.72 bits per heavy atom. The van der Waals surface area contributed by atoms with E-state index >= 15 is 0 Å². The third kappa shape index (κ3) is 4.14. The highest BCUT2D eigenvalue weighted by Gasteiger charge is 2.30. The molecule has 0 radical (unpaired) electrons. The van der Waals surface area contributed by atoms with Crippen molar-refractivity contribution in [2.75, 3.05) is 13.2 Å². The quantitative estimate of drug-likeness (QED) is 0.558. The summed E-state index contributed by atoms with van der Waals surface area (Å²) in [5, 5.41) is 6.42. The van der Waals surface area contributed by atoms with Gasteiger partial charge in [-0.25, -0.2) is 22.6 Å². The summed E-state index contributed by atoms with van der Waals surface area (Å²) >= 11 is 1.53. The monoisotopic (exact) mass is 434 g/mol. The molecule has 3 aromatic rings. The molecule has 8 nitrogen and oxygen atoms in total. The second-order valence-electron chi connectivity index (χ2n) is 6.69. The van der Waals surface area contributed by atoms with E-state index in [9.17, 15) is 13.2 Å². The summed E-state index contributed by atoms with van der Waals surface area (Å²) in [6.45, 7) is 2.36. The fourth-order valence-electron chi connectivity index (χ4n) is 3.11. The van der Waals surface area contributed by atoms with Crippen molar-refractivity contribution in [3.63, 3.8) is 0 Å². The smallest absolute Gasteiger partial charge is 0.346 e. The number of sulfonamides is 1. The summed E-state index contributed by atoms with van der Waals surface area (Å²) in [5.74, 6) is 0.953. The van der Waals surface area contributed by atoms with Crippen molar-refractivity contribution in [2.45, 2.75) is 37.2 Å². The van der Waals surface area contributed by atoms with E-state index in [1.54, 1.807) is 29.7 Å². The van der Waals surface area contributed by atoms with Gasteiger partial charge in [-0.1, -0.05) is 18.2 Å². The molecule has 0 amide bonds. The minimum atomic E-state index is -3.77. The Labute approximate surface area is 172 Å². The van der Waals surface area contributed by atoms with Crippen LogP contribution in [0.25, 0.3) is 10.7 Å². The topological polar surface area (TPSA) is 95.2 Å². The molecule has 0 spiro atoms. The molecule has 0 aliphatic heterocycles. The molecule has 1 saturated carbocycles. The number of aromatic nitrogens is 3. The van der Waals surface area contributed by atoms with Crippen molar-refractivity contribution in [1.82, 2.24) is 19.1 Å². The largest absolute Gasteiger partial charge is 0.492 e. The zero-order valence-electron chi connectivity index (χ0n) is 15.9. The first kappa shape index (κ1) is 19.9. The van der Waals surface area contributed by atoms with Crippen LogP contribution in [0.2, 0.25) is 0 Å². The number of benzene rings is 1. The summed E-state index contributed by atoms with van der Waals surface area (Å²) in [6.07, 6.45) is 1.93. The van der Waals surface area contributed by atoms with Crippen molar-refractivity contribution >= 4 is 21.4 Å². The normalized spacial score (nSPS) is 14.2. The zero-order valence-corrected chi connectivity index (χ0v) is 17.6. The molecular weight excluding hydrogens is 412 g/mol. The summed E-state index contributed by atoms with van der Waals surface area (Å²) in [6, 6.07) is 10.5. The third-order valence-electron chi connectivity index (χ3n) is 4.58. The van der Waals surface area contributed by atoms with Gasteiger partial charge in [-0.05, 0) is 43.3 Å². The number of nitrogens with one attached hydrogen (secondary N) is 1. The van der Waals surface area contributed by atoms with Gasteiger partial charge < -0.3 is 4.74 Å². The molecular formula is C19H22N4O4S2. The molecule has 1 aliphatic rings. The van der Waals surface area contributed by atoms with E-state index in [2.05, 4.69) is 9.82 Å². The molecule has 2 aromatic heterocycles. The van der Waals surface area contributed by atoms with Gasteiger partial charge in [0.15, 0.2) is 5.82 Å². The molecule has 0 atom stereocenters. The van der Waals surface area contributed by atoms with E-state index in [4.69, 9.17) is 4.74 Å². The summed E-state index contributed by atoms with van der Waals surface area (Å²) in [7, 11) is -3.77. The zero-order chi connectivity index (χ0) is 20.4. The van der Waals surface area contributed by atoms with Gasteiger partial charge in [-0.2, -0.15) is 0 Å². The van der Waals surface area contributed by atoms with Gasteiger partial charge in [0.05, 0.1) is 18.0 Å². The molecule has 10 heteroatoms. The minimum absolute atomic E-state index is 0.0499. The molecule has 0 unspecified atom stereocenters. The number of thiophene rings is 1. The molecule has 2 heterocycles. The molecule has 0 saturated heterocycles. The van der Waals surface area contributed by atoms with E-state index in [-0.39, 0.29) is 29.7 Å². The standard InChI is InChI=1S/C19H22N4O4S2/c1-2-27-15-6-3-4-8-17(15)29(25,26)20-11-12-22-19(24)23(14-9-10-14)18(21-22)16-7-5-13-28-16/h3-8,13-14,20H,2,9-12H2,1H3. The van der Waals surface area contributed by atoms with Crippen LogP contribution >= 0.6 is 11.3 Å². The minimum Gasteiger partial charge on any atom is -0.492 e. The van der Waals surface area contributed by atoms with Crippen LogP contribution in [0.15, 0.2) is 51.5 Å². The van der Waals surface area contributed by atoms with Crippen LogP contribution in [-0.4, -0.2) is 35.9 Å². The van der Waals surface area contributed by atoms with Crippen LogP contribution in [0.4, 0.5) is 0 Å². The SMILES string of the molecule is CCOc1ccccc1S(=O)(=O)NCCn1nc(-c2cccs2)n(C2CC2)c1=O. The molecule has 1 N–H and O–H groups in total. The molecule has 0 bridgehead atoms. The Hall–Kier alpha value is -2.43. The summed E-state index contributed by atoms with van der Waals surface area (Å²) in [5.41, 5.74) is -0.204. The maximum absolute atomic E-state index is 12.8. The Morgan fingerprint density at radius 2 is 2.03 bits per heavy atom. The van der Waals surface area contributed by atoms with Crippen molar-refractivity contribution < 1.29 is 13.2 Å². The third-order valence-corrected chi connectivity index (χ3v) is 6.94. The maximum atomic E-state index is 12.8. The van der Waals surface area contributed by atoms with Crippen LogP contribution in [0.5, 0.6) is 5.75 Å².